The number of aromatic hydroxyl groups is 1. The van der Waals surface area contributed by atoms with Crippen molar-refractivity contribution >= 4 is 67.1 Å². The lowest BCUT2D eigenvalue weighted by Crippen LogP contribution is -2.12. The van der Waals surface area contributed by atoms with Gasteiger partial charge in [0.05, 0.1) is 17.7 Å². The molecule has 9 nitrogen and oxygen atoms in total. The number of aryl methyl sites for hydroxylation is 1. The third-order valence-electron chi connectivity index (χ3n) is 5.66. The van der Waals surface area contributed by atoms with Gasteiger partial charge in [0.1, 0.15) is 22.0 Å². The lowest BCUT2D eigenvalue weighted by molar-refractivity contribution is 0.102. The van der Waals surface area contributed by atoms with Gasteiger partial charge in [-0.15, -0.1) is 10.2 Å². The first kappa shape index (κ1) is 27.3. The second-order valence-corrected chi connectivity index (χ2v) is 10.3. The number of fused-ring (bicyclic) bond motifs is 1. The average Bonchev–Trinajstić information content (AvgIpc) is 2.87. The number of halogens is 2. The van der Waals surface area contributed by atoms with Crippen molar-refractivity contribution in [2.75, 3.05) is 12.4 Å². The van der Waals surface area contributed by atoms with Gasteiger partial charge in [0.25, 0.3) is 16.0 Å². The minimum absolute atomic E-state index is 0.0822. The van der Waals surface area contributed by atoms with Gasteiger partial charge in [0.2, 0.25) is 0 Å². The Morgan fingerprint density at radius 3 is 2.47 bits per heavy atom. The highest BCUT2D eigenvalue weighted by Crippen LogP contribution is 2.41. The fraction of sp³-hybridized carbons (Fsp3) is 0.115. The van der Waals surface area contributed by atoms with Crippen LogP contribution in [0.25, 0.3) is 10.8 Å². The molecular formula is C26H21Cl2N3O6S. The van der Waals surface area contributed by atoms with E-state index in [-0.39, 0.29) is 33.9 Å². The molecule has 0 aliphatic rings. The second kappa shape index (κ2) is 11.0. The number of amides is 1. The van der Waals surface area contributed by atoms with Gasteiger partial charge < -0.3 is 15.2 Å². The molecule has 12 heteroatoms. The summed E-state index contributed by atoms with van der Waals surface area (Å²) in [7, 11) is -3.23. The van der Waals surface area contributed by atoms with Gasteiger partial charge in [-0.05, 0) is 47.7 Å². The Kier molecular flexibility index (Phi) is 7.89. The Balaban J connectivity index is 1.84. The molecular weight excluding hydrogens is 553 g/mol. The lowest BCUT2D eigenvalue weighted by atomic mass is 10.0. The van der Waals surface area contributed by atoms with Gasteiger partial charge in [-0.25, -0.2) is 0 Å². The molecule has 4 aromatic carbocycles. The summed E-state index contributed by atoms with van der Waals surface area (Å²) in [4.78, 5) is 12.7. The number of phenols is 1. The van der Waals surface area contributed by atoms with Gasteiger partial charge >= 0.3 is 0 Å². The van der Waals surface area contributed by atoms with Crippen LogP contribution >= 0.6 is 23.2 Å². The standard InChI is InChI=1S/C26H21Cl2N3O6S/c1-3-14-10-16(27)12-21(25(14)38(34,35)36)30-31-23-18-7-5-4-6-15(18)11-19(24(23)32)26(33)29-17-8-9-20(28)22(13-17)37-2/h4-13,32H,3H2,1-2H3,(H,29,33)(H,34,35,36). The van der Waals surface area contributed by atoms with Gasteiger partial charge in [-0.3, -0.25) is 9.35 Å². The zero-order valence-corrected chi connectivity index (χ0v) is 22.4. The smallest absolute Gasteiger partial charge is 0.297 e. The van der Waals surface area contributed by atoms with E-state index in [1.807, 2.05) is 0 Å². The molecule has 0 saturated heterocycles. The summed E-state index contributed by atoms with van der Waals surface area (Å²) in [5.41, 5.74) is 0.206. The highest BCUT2D eigenvalue weighted by Gasteiger charge is 2.22. The normalized spacial score (nSPS) is 11.7. The number of rotatable bonds is 7. The first-order chi connectivity index (χ1) is 18.0. The maximum Gasteiger partial charge on any atom is 0.297 e. The quantitative estimate of drug-likeness (QED) is 0.156. The van der Waals surface area contributed by atoms with Crippen LogP contribution in [-0.2, 0) is 16.5 Å². The number of carbonyl (C=O) groups is 1. The Hall–Kier alpha value is -3.70. The van der Waals surface area contributed by atoms with E-state index in [4.69, 9.17) is 27.9 Å². The number of hydrogen-bond donors (Lipinski definition) is 3. The van der Waals surface area contributed by atoms with E-state index < -0.39 is 26.7 Å². The molecule has 0 bridgehead atoms. The minimum Gasteiger partial charge on any atom is -0.505 e. The van der Waals surface area contributed by atoms with Crippen LogP contribution in [0, 0.1) is 0 Å². The fourth-order valence-corrected chi connectivity index (χ4v) is 5.23. The number of carbonyl (C=O) groups excluding carboxylic acids is 1. The summed E-state index contributed by atoms with van der Waals surface area (Å²) >= 11 is 12.2. The van der Waals surface area contributed by atoms with Crippen molar-refractivity contribution in [3.63, 3.8) is 0 Å². The topological polar surface area (TPSA) is 138 Å². The Labute approximate surface area is 228 Å². The molecule has 0 atom stereocenters. The summed E-state index contributed by atoms with van der Waals surface area (Å²) in [6, 6.07) is 15.6. The number of ether oxygens (including phenoxy) is 1. The Bertz CT molecular complexity index is 1710. The van der Waals surface area contributed by atoms with Gasteiger partial charge in [-0.1, -0.05) is 54.4 Å². The van der Waals surface area contributed by atoms with Gasteiger partial charge in [0, 0.05) is 22.2 Å². The number of nitrogens with one attached hydrogen (secondary N) is 1. The molecule has 1 amide bonds. The number of anilines is 1. The SMILES string of the molecule is CCc1cc(Cl)cc(N=Nc2c(O)c(C(=O)Nc3ccc(Cl)c(OC)c3)cc3ccccc23)c1S(=O)(=O)O. The molecule has 0 aliphatic carbocycles. The average molecular weight is 574 g/mol. The first-order valence-electron chi connectivity index (χ1n) is 11.1. The lowest BCUT2D eigenvalue weighted by Gasteiger charge is -2.12. The van der Waals surface area contributed by atoms with Crippen LogP contribution in [0.1, 0.15) is 22.8 Å². The molecule has 4 aromatic rings. The van der Waals surface area contributed by atoms with Crippen molar-refractivity contribution in [3.05, 3.63) is 81.8 Å². The maximum absolute atomic E-state index is 13.2. The third-order valence-corrected chi connectivity index (χ3v) is 7.17. The summed E-state index contributed by atoms with van der Waals surface area (Å²) < 4.78 is 39.2. The van der Waals surface area contributed by atoms with Gasteiger partial charge in [-0.2, -0.15) is 8.42 Å². The number of benzene rings is 4. The van der Waals surface area contributed by atoms with Crippen LogP contribution in [0.5, 0.6) is 11.5 Å². The van der Waals surface area contributed by atoms with Crippen molar-refractivity contribution in [1.29, 1.82) is 0 Å². The second-order valence-electron chi connectivity index (χ2n) is 8.09. The molecule has 0 heterocycles. The molecule has 0 fully saturated rings. The number of nitrogens with zero attached hydrogens (tertiary/aromatic N) is 2. The monoisotopic (exact) mass is 573 g/mol. The van der Waals surface area contributed by atoms with Crippen LogP contribution in [0.15, 0.2) is 75.8 Å². The van der Waals surface area contributed by atoms with E-state index in [2.05, 4.69) is 15.5 Å². The van der Waals surface area contributed by atoms with Crippen LogP contribution < -0.4 is 10.1 Å². The van der Waals surface area contributed by atoms with Crippen LogP contribution in [-0.4, -0.2) is 31.1 Å². The first-order valence-corrected chi connectivity index (χ1v) is 13.3. The Morgan fingerprint density at radius 1 is 1.05 bits per heavy atom. The van der Waals surface area contributed by atoms with Crippen molar-refractivity contribution in [2.45, 2.75) is 18.2 Å². The molecule has 0 saturated carbocycles. The van der Waals surface area contributed by atoms with Crippen molar-refractivity contribution < 1.29 is 27.6 Å². The number of hydrogen-bond acceptors (Lipinski definition) is 7. The van der Waals surface area contributed by atoms with E-state index in [0.29, 0.717) is 27.2 Å². The summed E-state index contributed by atoms with van der Waals surface area (Å²) in [6.07, 6.45) is 0.248. The molecule has 0 unspecified atom stereocenters. The summed E-state index contributed by atoms with van der Waals surface area (Å²) in [5.74, 6) is -0.787. The third kappa shape index (κ3) is 5.58. The predicted molar refractivity (Wildman–Crippen MR) is 146 cm³/mol. The largest absolute Gasteiger partial charge is 0.505 e. The molecule has 0 aromatic heterocycles. The van der Waals surface area contributed by atoms with E-state index in [0.717, 1.165) is 0 Å². The van der Waals surface area contributed by atoms with Crippen molar-refractivity contribution in [3.8, 4) is 11.5 Å². The maximum atomic E-state index is 13.2. The molecule has 4 rings (SSSR count). The zero-order valence-electron chi connectivity index (χ0n) is 20.1. The van der Waals surface area contributed by atoms with E-state index in [9.17, 15) is 22.9 Å². The Morgan fingerprint density at radius 2 is 1.79 bits per heavy atom. The minimum atomic E-state index is -4.67. The molecule has 38 heavy (non-hydrogen) atoms. The molecule has 0 spiro atoms. The number of phenolic OH excluding ortho intramolecular Hbond substituents is 1. The van der Waals surface area contributed by atoms with Crippen LogP contribution in [0.2, 0.25) is 10.0 Å². The van der Waals surface area contributed by atoms with E-state index in [1.165, 1.54) is 31.4 Å². The van der Waals surface area contributed by atoms with Crippen LogP contribution in [0.4, 0.5) is 17.1 Å². The number of methoxy groups -OCH3 is 1. The molecule has 0 aliphatic heterocycles. The van der Waals surface area contributed by atoms with E-state index >= 15 is 0 Å². The fourth-order valence-electron chi connectivity index (χ4n) is 3.90. The van der Waals surface area contributed by atoms with Crippen molar-refractivity contribution in [2.24, 2.45) is 10.2 Å². The van der Waals surface area contributed by atoms with Crippen molar-refractivity contribution in [1.82, 2.24) is 0 Å². The highest BCUT2D eigenvalue weighted by atomic mass is 35.5. The molecule has 196 valence electrons. The van der Waals surface area contributed by atoms with E-state index in [1.54, 1.807) is 43.3 Å². The highest BCUT2D eigenvalue weighted by molar-refractivity contribution is 7.86. The molecule has 3 N–H and O–H groups in total. The summed E-state index contributed by atoms with van der Waals surface area (Å²) in [6.45, 7) is 1.69. The zero-order chi connectivity index (χ0) is 27.6. The predicted octanol–water partition coefficient (Wildman–Crippen LogP) is 7.34. The number of azo groups is 1. The van der Waals surface area contributed by atoms with Gasteiger partial charge in [0.15, 0.2) is 5.75 Å². The van der Waals surface area contributed by atoms with Crippen LogP contribution in [0.3, 0.4) is 0 Å². The summed E-state index contributed by atoms with van der Waals surface area (Å²) in [5, 5.41) is 23.4. The molecule has 0 radical (unpaired) electrons.